The summed E-state index contributed by atoms with van der Waals surface area (Å²) in [5.41, 5.74) is -0.0121. The van der Waals surface area contributed by atoms with Crippen LogP contribution in [0.3, 0.4) is 0 Å². The summed E-state index contributed by atoms with van der Waals surface area (Å²) >= 11 is 0. The Balaban J connectivity index is 1.74. The first-order chi connectivity index (χ1) is 12.1. The third kappa shape index (κ3) is 4.03. The number of carboxylic acid groups (broad SMARTS) is 1. The van der Waals surface area contributed by atoms with Gasteiger partial charge in [0.1, 0.15) is 5.54 Å². The molecule has 1 amide bonds. The van der Waals surface area contributed by atoms with Crippen LogP contribution in [0.1, 0.15) is 57.8 Å². The Kier molecular flexibility index (Phi) is 5.74. The monoisotopic (exact) mass is 344 g/mol. The lowest BCUT2D eigenvalue weighted by Gasteiger charge is -2.35. The smallest absolute Gasteiger partial charge is 0.323 e. The van der Waals surface area contributed by atoms with Gasteiger partial charge in [0.25, 0.3) is 0 Å². The molecule has 5 heteroatoms. The Labute approximate surface area is 149 Å². The first kappa shape index (κ1) is 17.9. The van der Waals surface area contributed by atoms with Gasteiger partial charge < -0.3 is 10.0 Å². The molecule has 0 atom stereocenters. The van der Waals surface area contributed by atoms with Crippen LogP contribution in [0.2, 0.25) is 0 Å². The molecule has 0 heterocycles. The van der Waals surface area contributed by atoms with Gasteiger partial charge in [-0.2, -0.15) is 0 Å². The molecule has 1 aromatic carbocycles. The predicted molar refractivity (Wildman–Crippen MR) is 97.6 cm³/mol. The minimum atomic E-state index is -0.926. The minimum absolute atomic E-state index is 0.0226. The molecule has 0 aromatic heterocycles. The first-order valence-corrected chi connectivity index (χ1v) is 9.48. The highest BCUT2D eigenvalue weighted by molar-refractivity contribution is 5.96. The fourth-order valence-corrected chi connectivity index (χ4v) is 4.26. The van der Waals surface area contributed by atoms with Crippen molar-refractivity contribution in [3.8, 4) is 0 Å². The van der Waals surface area contributed by atoms with Crippen molar-refractivity contribution in [2.24, 2.45) is 0 Å². The number of anilines is 1. The second-order valence-corrected chi connectivity index (χ2v) is 7.34. The lowest BCUT2D eigenvalue weighted by molar-refractivity contribution is -0.144. The molecule has 2 fully saturated rings. The highest BCUT2D eigenvalue weighted by Gasteiger charge is 2.41. The van der Waals surface area contributed by atoms with Gasteiger partial charge in [0.15, 0.2) is 0 Å². The number of amides is 1. The second kappa shape index (κ2) is 8.00. The maximum atomic E-state index is 13.0. The summed E-state index contributed by atoms with van der Waals surface area (Å²) in [6.45, 7) is 0.0810. The molecule has 0 unspecified atom stereocenters. The van der Waals surface area contributed by atoms with Gasteiger partial charge in [0, 0.05) is 11.7 Å². The number of rotatable bonds is 6. The van der Waals surface area contributed by atoms with Crippen molar-refractivity contribution in [1.29, 1.82) is 0 Å². The van der Waals surface area contributed by atoms with E-state index in [0.29, 0.717) is 12.8 Å². The van der Waals surface area contributed by atoms with Crippen LogP contribution in [0, 0.1) is 0 Å². The van der Waals surface area contributed by atoms with Gasteiger partial charge in [-0.1, -0.05) is 50.3 Å². The van der Waals surface area contributed by atoms with Gasteiger partial charge >= 0.3 is 5.97 Å². The molecule has 2 aliphatic rings. The molecular weight excluding hydrogens is 316 g/mol. The molecule has 0 spiro atoms. The highest BCUT2D eigenvalue weighted by atomic mass is 16.4. The second-order valence-electron chi connectivity index (χ2n) is 7.34. The van der Waals surface area contributed by atoms with Crippen LogP contribution >= 0.6 is 0 Å². The first-order valence-electron chi connectivity index (χ1n) is 9.48. The van der Waals surface area contributed by atoms with Crippen LogP contribution in [0.25, 0.3) is 0 Å². The Morgan fingerprint density at radius 2 is 1.68 bits per heavy atom. The third-order valence-electron chi connectivity index (χ3n) is 5.69. The van der Waals surface area contributed by atoms with E-state index >= 15 is 0 Å². The minimum Gasteiger partial charge on any atom is -0.480 e. The Bertz CT molecular complexity index is 590. The molecule has 136 valence electrons. The average Bonchev–Trinajstić information content (AvgIpc) is 3.12. The van der Waals surface area contributed by atoms with Crippen molar-refractivity contribution >= 4 is 17.6 Å². The van der Waals surface area contributed by atoms with E-state index in [0.717, 1.165) is 44.2 Å². The lowest BCUT2D eigenvalue weighted by atomic mass is 9.93. The number of hydrogen-bond donors (Lipinski definition) is 2. The summed E-state index contributed by atoms with van der Waals surface area (Å²) in [6, 6.07) is 9.99. The number of carbonyl (C=O) groups is 2. The predicted octanol–water partition coefficient (Wildman–Crippen LogP) is 3.34. The Morgan fingerprint density at radius 1 is 1.04 bits per heavy atom. The zero-order chi connectivity index (χ0) is 17.7. The van der Waals surface area contributed by atoms with E-state index in [4.69, 9.17) is 0 Å². The maximum Gasteiger partial charge on any atom is 0.323 e. The summed E-state index contributed by atoms with van der Waals surface area (Å²) in [5.74, 6) is -0.854. The largest absolute Gasteiger partial charge is 0.480 e. The standard InChI is InChI=1S/C20H28N2O3/c23-18(15-21-20(19(24)25)13-7-8-14-20)22(16-9-3-1-4-10-16)17-11-5-2-6-12-17/h1,3-4,9-10,17,21H,2,5-8,11-15H2,(H,24,25). The van der Waals surface area contributed by atoms with Crippen molar-refractivity contribution in [3.63, 3.8) is 0 Å². The third-order valence-corrected chi connectivity index (χ3v) is 5.69. The maximum absolute atomic E-state index is 13.0. The van der Waals surface area contributed by atoms with E-state index in [1.165, 1.54) is 6.42 Å². The van der Waals surface area contributed by atoms with Crippen LogP contribution in [0.15, 0.2) is 30.3 Å². The van der Waals surface area contributed by atoms with Crippen molar-refractivity contribution in [2.75, 3.05) is 11.4 Å². The molecule has 1 aromatic rings. The Morgan fingerprint density at radius 3 is 2.28 bits per heavy atom. The Hall–Kier alpha value is -1.88. The summed E-state index contributed by atoms with van der Waals surface area (Å²) in [4.78, 5) is 26.6. The zero-order valence-corrected chi connectivity index (χ0v) is 14.7. The topological polar surface area (TPSA) is 69.6 Å². The number of carboxylic acids is 1. The van der Waals surface area contributed by atoms with Gasteiger partial charge in [-0.05, 0) is 37.8 Å². The number of nitrogens with zero attached hydrogens (tertiary/aromatic N) is 1. The molecule has 0 saturated heterocycles. The summed E-state index contributed by atoms with van der Waals surface area (Å²) < 4.78 is 0. The number of aliphatic carboxylic acids is 1. The molecule has 0 aliphatic heterocycles. The summed E-state index contributed by atoms with van der Waals surface area (Å²) in [7, 11) is 0. The summed E-state index contributed by atoms with van der Waals surface area (Å²) in [6.07, 6.45) is 8.57. The van der Waals surface area contributed by atoms with Crippen LogP contribution in [-0.2, 0) is 9.59 Å². The normalized spacial score (nSPS) is 20.3. The molecule has 0 bridgehead atoms. The van der Waals surface area contributed by atoms with Gasteiger partial charge in [-0.25, -0.2) is 0 Å². The molecule has 2 N–H and O–H groups in total. The summed E-state index contributed by atoms with van der Waals surface area (Å²) in [5, 5.41) is 12.7. The van der Waals surface area contributed by atoms with Crippen molar-refractivity contribution in [2.45, 2.75) is 69.4 Å². The number of nitrogens with one attached hydrogen (secondary N) is 1. The highest BCUT2D eigenvalue weighted by Crippen LogP contribution is 2.31. The van der Waals surface area contributed by atoms with E-state index in [1.807, 2.05) is 35.2 Å². The van der Waals surface area contributed by atoms with Crippen LogP contribution < -0.4 is 10.2 Å². The number of para-hydroxylation sites is 1. The van der Waals surface area contributed by atoms with Gasteiger partial charge in [-0.15, -0.1) is 0 Å². The van der Waals surface area contributed by atoms with Crippen LogP contribution in [-0.4, -0.2) is 35.1 Å². The fraction of sp³-hybridized carbons (Fsp3) is 0.600. The van der Waals surface area contributed by atoms with Crippen molar-refractivity contribution in [3.05, 3.63) is 30.3 Å². The van der Waals surface area contributed by atoms with E-state index in [9.17, 15) is 14.7 Å². The van der Waals surface area contributed by atoms with Crippen molar-refractivity contribution in [1.82, 2.24) is 5.32 Å². The van der Waals surface area contributed by atoms with Crippen LogP contribution in [0.5, 0.6) is 0 Å². The number of carbonyl (C=O) groups excluding carboxylic acids is 1. The molecular formula is C20H28N2O3. The van der Waals surface area contributed by atoms with Crippen molar-refractivity contribution < 1.29 is 14.7 Å². The molecule has 3 rings (SSSR count). The molecule has 0 radical (unpaired) electrons. The van der Waals surface area contributed by atoms with E-state index < -0.39 is 11.5 Å². The molecule has 25 heavy (non-hydrogen) atoms. The fourth-order valence-electron chi connectivity index (χ4n) is 4.26. The molecule has 2 aliphatic carbocycles. The molecule has 2 saturated carbocycles. The van der Waals surface area contributed by atoms with Gasteiger partial charge in [0.2, 0.25) is 5.91 Å². The number of hydrogen-bond acceptors (Lipinski definition) is 3. The lowest BCUT2D eigenvalue weighted by Crippen LogP contribution is -2.54. The van der Waals surface area contributed by atoms with E-state index in [1.54, 1.807) is 0 Å². The van der Waals surface area contributed by atoms with E-state index in [-0.39, 0.29) is 18.5 Å². The van der Waals surface area contributed by atoms with Gasteiger partial charge in [-0.3, -0.25) is 14.9 Å². The zero-order valence-electron chi connectivity index (χ0n) is 14.7. The average molecular weight is 344 g/mol. The SMILES string of the molecule is O=C(CNC1(C(=O)O)CCCC1)N(c1ccccc1)C1CCCCC1. The molecule has 5 nitrogen and oxygen atoms in total. The van der Waals surface area contributed by atoms with E-state index in [2.05, 4.69) is 5.32 Å². The quantitative estimate of drug-likeness (QED) is 0.830. The number of benzene rings is 1. The van der Waals surface area contributed by atoms with Gasteiger partial charge in [0.05, 0.1) is 6.54 Å². The van der Waals surface area contributed by atoms with Crippen LogP contribution in [0.4, 0.5) is 5.69 Å².